The van der Waals surface area contributed by atoms with Crippen molar-refractivity contribution >= 4 is 17.9 Å². The van der Waals surface area contributed by atoms with E-state index in [1.165, 1.54) is 23.3 Å². The molecule has 0 radical (unpaired) electrons. The summed E-state index contributed by atoms with van der Waals surface area (Å²) in [7, 11) is 0. The Balaban J connectivity index is 1.43. The molecule has 0 saturated heterocycles. The zero-order valence-electron chi connectivity index (χ0n) is 16.3. The molecule has 0 bridgehead atoms. The number of nitrogens with zero attached hydrogens (tertiary/aromatic N) is 1. The lowest BCUT2D eigenvalue weighted by atomic mass is 9.96. The van der Waals surface area contributed by atoms with Crippen molar-refractivity contribution < 1.29 is 19.1 Å². The van der Waals surface area contributed by atoms with E-state index in [1.807, 2.05) is 30.3 Å². The quantitative estimate of drug-likeness (QED) is 0.572. The minimum Gasteiger partial charge on any atom is -0.456 e. The van der Waals surface area contributed by atoms with E-state index in [2.05, 4.69) is 16.7 Å². The predicted octanol–water partition coefficient (Wildman–Crippen LogP) is 2.57. The molecule has 0 fully saturated rings. The van der Waals surface area contributed by atoms with Crippen LogP contribution in [-0.4, -0.2) is 42.5 Å². The number of hydrogen-bond acceptors (Lipinski definition) is 4. The molecular weight excluding hydrogens is 370 g/mol. The largest absolute Gasteiger partial charge is 0.456 e. The van der Waals surface area contributed by atoms with Gasteiger partial charge in [0.1, 0.15) is 13.2 Å². The molecule has 7 heteroatoms. The van der Waals surface area contributed by atoms with E-state index in [0.717, 1.165) is 24.8 Å². The van der Waals surface area contributed by atoms with Gasteiger partial charge in [-0.3, -0.25) is 9.69 Å². The zero-order chi connectivity index (χ0) is 20.2. The Bertz CT molecular complexity index is 875. The second kappa shape index (κ2) is 8.51. The summed E-state index contributed by atoms with van der Waals surface area (Å²) in [5.74, 6) is -0.704. The highest BCUT2D eigenvalue weighted by atomic mass is 16.5. The normalized spacial score (nSPS) is 21.3. The number of allylic oxidation sites excluding steroid dienone is 1. The highest BCUT2D eigenvalue weighted by molar-refractivity contribution is 5.98. The molecule has 2 N–H and O–H groups in total. The van der Waals surface area contributed by atoms with Gasteiger partial charge in [-0.25, -0.2) is 9.59 Å². The number of nitrogens with one attached hydrogen (secondary N) is 2. The average molecular weight is 395 g/mol. The third-order valence-corrected chi connectivity index (χ3v) is 5.59. The Hall–Kier alpha value is -3.09. The second-order valence-corrected chi connectivity index (χ2v) is 7.52. The van der Waals surface area contributed by atoms with Crippen molar-refractivity contribution in [3.8, 4) is 0 Å². The lowest BCUT2D eigenvalue weighted by Gasteiger charge is -2.32. The van der Waals surface area contributed by atoms with Gasteiger partial charge in [0.25, 0.3) is 0 Å². The van der Waals surface area contributed by atoms with Gasteiger partial charge >= 0.3 is 12.0 Å². The summed E-state index contributed by atoms with van der Waals surface area (Å²) < 4.78 is 5.19. The van der Waals surface area contributed by atoms with Crippen molar-refractivity contribution in [3.05, 3.63) is 58.8 Å². The smallest absolute Gasteiger partial charge is 0.338 e. The van der Waals surface area contributed by atoms with E-state index in [9.17, 15) is 14.4 Å². The van der Waals surface area contributed by atoms with Crippen LogP contribution in [0.5, 0.6) is 0 Å². The minimum absolute atomic E-state index is 0.00505. The molecule has 7 nitrogen and oxygen atoms in total. The lowest BCUT2D eigenvalue weighted by molar-refractivity contribution is -0.136. The van der Waals surface area contributed by atoms with Gasteiger partial charge in [0.2, 0.25) is 5.91 Å². The van der Waals surface area contributed by atoms with Crippen molar-refractivity contribution in [2.24, 2.45) is 0 Å². The van der Waals surface area contributed by atoms with Gasteiger partial charge in [0.15, 0.2) is 0 Å². The number of hydrogen-bond donors (Lipinski definition) is 2. The molecule has 3 aliphatic rings. The number of rotatable bonds is 6. The molecule has 29 heavy (non-hydrogen) atoms. The summed E-state index contributed by atoms with van der Waals surface area (Å²) in [6.45, 7) is 0.418. The SMILES string of the molecule is O=C(CN1C(=O)NC(c2ccccc2)C2=C1COC2=O)NCCC1=CCCCC1. The molecule has 1 unspecified atom stereocenters. The minimum atomic E-state index is -0.564. The molecule has 0 saturated carbocycles. The summed E-state index contributed by atoms with van der Waals surface area (Å²) in [6, 6.07) is 8.31. The van der Waals surface area contributed by atoms with Crippen molar-refractivity contribution in [1.82, 2.24) is 15.5 Å². The highest BCUT2D eigenvalue weighted by Gasteiger charge is 2.42. The summed E-state index contributed by atoms with van der Waals surface area (Å²) in [4.78, 5) is 38.8. The van der Waals surface area contributed by atoms with E-state index in [4.69, 9.17) is 4.74 Å². The average Bonchev–Trinajstić information content (AvgIpc) is 3.13. The van der Waals surface area contributed by atoms with E-state index >= 15 is 0 Å². The molecule has 2 aliphatic heterocycles. The number of esters is 1. The summed E-state index contributed by atoms with van der Waals surface area (Å²) >= 11 is 0. The maximum Gasteiger partial charge on any atom is 0.338 e. The zero-order valence-corrected chi connectivity index (χ0v) is 16.3. The van der Waals surface area contributed by atoms with Crippen LogP contribution in [0.1, 0.15) is 43.7 Å². The first-order valence-electron chi connectivity index (χ1n) is 10.1. The van der Waals surface area contributed by atoms with Crippen LogP contribution in [0, 0.1) is 0 Å². The van der Waals surface area contributed by atoms with Crippen molar-refractivity contribution in [1.29, 1.82) is 0 Å². The van der Waals surface area contributed by atoms with Crippen molar-refractivity contribution in [2.75, 3.05) is 19.7 Å². The molecule has 1 aliphatic carbocycles. The summed E-state index contributed by atoms with van der Waals surface area (Å²) in [5.41, 5.74) is 3.06. The molecular formula is C22H25N3O4. The number of ether oxygens (including phenoxy) is 1. The molecule has 1 atom stereocenters. The van der Waals surface area contributed by atoms with E-state index in [-0.39, 0.29) is 19.1 Å². The van der Waals surface area contributed by atoms with Crippen LogP contribution in [0.3, 0.4) is 0 Å². The number of urea groups is 1. The van der Waals surface area contributed by atoms with Crippen LogP contribution < -0.4 is 10.6 Å². The molecule has 1 aromatic rings. The number of cyclic esters (lactones) is 1. The topological polar surface area (TPSA) is 87.7 Å². The van der Waals surface area contributed by atoms with Crippen LogP contribution in [0.2, 0.25) is 0 Å². The Morgan fingerprint density at radius 1 is 1.21 bits per heavy atom. The van der Waals surface area contributed by atoms with Gasteiger partial charge in [-0.1, -0.05) is 42.0 Å². The standard InChI is InChI=1S/C22H25N3O4/c26-18(23-12-11-15-7-3-1-4-8-15)13-25-17-14-29-21(27)19(17)20(24-22(25)28)16-9-5-2-6-10-16/h2,5-7,9-10,20H,1,3-4,8,11-14H2,(H,23,26)(H,24,28). The molecule has 1 aromatic carbocycles. The van der Waals surface area contributed by atoms with Crippen LogP contribution in [0.25, 0.3) is 0 Å². The molecule has 3 amide bonds. The Labute approximate surface area is 169 Å². The van der Waals surface area contributed by atoms with Gasteiger partial charge in [0, 0.05) is 6.54 Å². The number of carbonyl (C=O) groups is 3. The highest BCUT2D eigenvalue weighted by Crippen LogP contribution is 2.34. The molecule has 152 valence electrons. The Morgan fingerprint density at radius 2 is 2.03 bits per heavy atom. The fraction of sp³-hybridized carbons (Fsp3) is 0.409. The fourth-order valence-corrected chi connectivity index (χ4v) is 4.07. The fourth-order valence-electron chi connectivity index (χ4n) is 4.07. The molecule has 2 heterocycles. The number of benzene rings is 1. The maximum atomic E-state index is 12.7. The Kier molecular flexibility index (Phi) is 5.64. The van der Waals surface area contributed by atoms with Crippen LogP contribution in [0.4, 0.5) is 4.79 Å². The van der Waals surface area contributed by atoms with Crippen molar-refractivity contribution in [3.63, 3.8) is 0 Å². The lowest BCUT2D eigenvalue weighted by Crippen LogP contribution is -2.50. The van der Waals surface area contributed by atoms with Crippen LogP contribution in [0.15, 0.2) is 53.3 Å². The van der Waals surface area contributed by atoms with Gasteiger partial charge in [0.05, 0.1) is 17.3 Å². The monoisotopic (exact) mass is 395 g/mol. The first-order valence-corrected chi connectivity index (χ1v) is 10.1. The van der Waals surface area contributed by atoms with E-state index in [1.54, 1.807) is 0 Å². The third kappa shape index (κ3) is 4.18. The summed E-state index contributed by atoms with van der Waals surface area (Å²) in [6.07, 6.45) is 7.76. The third-order valence-electron chi connectivity index (χ3n) is 5.59. The van der Waals surface area contributed by atoms with Gasteiger partial charge in [-0.2, -0.15) is 0 Å². The number of carbonyl (C=O) groups excluding carboxylic acids is 3. The van der Waals surface area contributed by atoms with Crippen molar-refractivity contribution in [2.45, 2.75) is 38.1 Å². The predicted molar refractivity (Wildman–Crippen MR) is 107 cm³/mol. The van der Waals surface area contributed by atoms with E-state index in [0.29, 0.717) is 17.8 Å². The van der Waals surface area contributed by atoms with Gasteiger partial charge < -0.3 is 15.4 Å². The maximum absolute atomic E-state index is 12.7. The Morgan fingerprint density at radius 3 is 2.79 bits per heavy atom. The summed E-state index contributed by atoms with van der Waals surface area (Å²) in [5, 5.41) is 5.72. The number of amides is 3. The first kappa shape index (κ1) is 19.2. The molecule has 0 aromatic heterocycles. The van der Waals surface area contributed by atoms with Crippen LogP contribution in [-0.2, 0) is 14.3 Å². The van der Waals surface area contributed by atoms with E-state index < -0.39 is 18.0 Å². The van der Waals surface area contributed by atoms with Gasteiger partial charge in [-0.15, -0.1) is 0 Å². The first-order chi connectivity index (χ1) is 14.1. The molecule has 0 spiro atoms. The molecule has 4 rings (SSSR count). The second-order valence-electron chi connectivity index (χ2n) is 7.52. The van der Waals surface area contributed by atoms with Gasteiger partial charge in [-0.05, 0) is 37.7 Å². The van der Waals surface area contributed by atoms with Crippen LogP contribution >= 0.6 is 0 Å².